The van der Waals surface area contributed by atoms with E-state index in [9.17, 15) is 18.0 Å². The molecule has 0 spiro atoms. The van der Waals surface area contributed by atoms with Gasteiger partial charge in [0.1, 0.15) is 5.54 Å². The number of urea groups is 1. The molecule has 2 saturated carbocycles. The summed E-state index contributed by atoms with van der Waals surface area (Å²) in [6.45, 7) is 0. The van der Waals surface area contributed by atoms with E-state index in [1.165, 1.54) is 0 Å². The Morgan fingerprint density at radius 2 is 1.87 bits per heavy atom. The van der Waals surface area contributed by atoms with Crippen LogP contribution in [0, 0.1) is 0 Å². The van der Waals surface area contributed by atoms with E-state index in [1.807, 2.05) is 5.32 Å². The molecule has 3 nitrogen and oxygen atoms in total. The van der Waals surface area contributed by atoms with Crippen LogP contribution in [0.4, 0.5) is 18.0 Å². The lowest BCUT2D eigenvalue weighted by Gasteiger charge is -2.28. The zero-order chi connectivity index (χ0) is 11.1. The summed E-state index contributed by atoms with van der Waals surface area (Å²) in [6, 6.07) is -0.622. The van der Waals surface area contributed by atoms with Crippen LogP contribution < -0.4 is 10.6 Å². The van der Waals surface area contributed by atoms with Gasteiger partial charge in [0, 0.05) is 6.04 Å². The summed E-state index contributed by atoms with van der Waals surface area (Å²) >= 11 is 0. The summed E-state index contributed by atoms with van der Waals surface area (Å²) < 4.78 is 37.3. The van der Waals surface area contributed by atoms with Gasteiger partial charge in [0.05, 0.1) is 0 Å². The molecule has 0 atom stereocenters. The average Bonchev–Trinajstić information content (AvgIpc) is 2.76. The van der Waals surface area contributed by atoms with E-state index in [-0.39, 0.29) is 18.9 Å². The molecule has 0 unspecified atom stereocenters. The maximum Gasteiger partial charge on any atom is 0.411 e. The zero-order valence-corrected chi connectivity index (χ0v) is 8.16. The molecular weight excluding hydrogens is 209 g/mol. The van der Waals surface area contributed by atoms with E-state index < -0.39 is 17.7 Å². The number of amides is 2. The van der Waals surface area contributed by atoms with Crippen molar-refractivity contribution in [1.82, 2.24) is 10.6 Å². The van der Waals surface area contributed by atoms with Gasteiger partial charge in [-0.05, 0) is 32.1 Å². The fourth-order valence-corrected chi connectivity index (χ4v) is 1.60. The molecule has 0 aromatic heterocycles. The highest BCUT2D eigenvalue weighted by Crippen LogP contribution is 2.48. The normalized spacial score (nSPS) is 24.2. The van der Waals surface area contributed by atoms with Crippen LogP contribution >= 0.6 is 0 Å². The largest absolute Gasteiger partial charge is 0.411 e. The van der Waals surface area contributed by atoms with E-state index in [1.54, 1.807) is 0 Å². The van der Waals surface area contributed by atoms with Gasteiger partial charge in [-0.1, -0.05) is 0 Å². The van der Waals surface area contributed by atoms with Gasteiger partial charge in [-0.2, -0.15) is 13.2 Å². The summed E-state index contributed by atoms with van der Waals surface area (Å²) in [5.74, 6) is 0. The first-order valence-corrected chi connectivity index (χ1v) is 5.08. The van der Waals surface area contributed by atoms with E-state index in [0.717, 1.165) is 19.3 Å². The lowest BCUT2D eigenvalue weighted by molar-refractivity contribution is -0.162. The van der Waals surface area contributed by atoms with Crippen molar-refractivity contribution >= 4 is 6.03 Å². The second-order valence-corrected chi connectivity index (χ2v) is 4.31. The lowest BCUT2D eigenvalue weighted by atomic mass is 9.93. The Hall–Kier alpha value is -0.940. The Kier molecular flexibility index (Phi) is 2.31. The molecule has 0 bridgehead atoms. The Bertz CT molecular complexity index is 269. The molecule has 2 aliphatic carbocycles. The van der Waals surface area contributed by atoms with E-state index in [0.29, 0.717) is 0 Å². The van der Waals surface area contributed by atoms with Crippen molar-refractivity contribution in [2.45, 2.75) is 49.9 Å². The van der Waals surface area contributed by atoms with Crippen LogP contribution in [0.3, 0.4) is 0 Å². The number of carbonyl (C=O) groups excluding carboxylic acids is 1. The zero-order valence-electron chi connectivity index (χ0n) is 8.16. The number of nitrogens with one attached hydrogen (secondary N) is 2. The van der Waals surface area contributed by atoms with Gasteiger partial charge in [0.25, 0.3) is 0 Å². The first kappa shape index (κ1) is 10.6. The van der Waals surface area contributed by atoms with Crippen molar-refractivity contribution in [3.8, 4) is 0 Å². The first-order valence-electron chi connectivity index (χ1n) is 5.08. The molecule has 86 valence electrons. The van der Waals surface area contributed by atoms with Crippen molar-refractivity contribution in [2.24, 2.45) is 0 Å². The van der Waals surface area contributed by atoms with Crippen LogP contribution in [0.5, 0.6) is 0 Å². The molecule has 2 fully saturated rings. The standard InChI is InChI=1S/C9H13F3N2O/c10-9(11,12)8(4-5-8)14-7(15)13-6-2-1-3-6/h6H,1-5H2,(H2,13,14,15). The third-order valence-corrected chi connectivity index (χ3v) is 3.09. The highest BCUT2D eigenvalue weighted by Gasteiger charge is 2.64. The Morgan fingerprint density at radius 1 is 1.27 bits per heavy atom. The van der Waals surface area contributed by atoms with Gasteiger partial charge in [0.15, 0.2) is 0 Å². The molecule has 6 heteroatoms. The van der Waals surface area contributed by atoms with E-state index in [2.05, 4.69) is 5.32 Å². The minimum Gasteiger partial charge on any atom is -0.335 e. The van der Waals surface area contributed by atoms with Crippen LogP contribution in [-0.4, -0.2) is 23.8 Å². The fraction of sp³-hybridized carbons (Fsp3) is 0.889. The van der Waals surface area contributed by atoms with Crippen LogP contribution in [0.1, 0.15) is 32.1 Å². The number of carbonyl (C=O) groups is 1. The summed E-state index contributed by atoms with van der Waals surface area (Å²) in [6.07, 6.45) is -1.57. The Balaban J connectivity index is 1.83. The van der Waals surface area contributed by atoms with Gasteiger partial charge in [-0.15, -0.1) is 0 Å². The molecule has 2 aliphatic rings. The van der Waals surface area contributed by atoms with Crippen molar-refractivity contribution < 1.29 is 18.0 Å². The monoisotopic (exact) mass is 222 g/mol. The van der Waals surface area contributed by atoms with Gasteiger partial charge < -0.3 is 10.6 Å². The Morgan fingerprint density at radius 3 is 2.20 bits per heavy atom. The highest BCUT2D eigenvalue weighted by molar-refractivity contribution is 5.76. The number of rotatable bonds is 2. The number of halogens is 3. The predicted octanol–water partition coefficient (Wildman–Crippen LogP) is 1.93. The summed E-state index contributed by atoms with van der Waals surface area (Å²) in [5.41, 5.74) is -1.94. The third kappa shape index (κ3) is 2.03. The molecule has 0 aromatic carbocycles. The van der Waals surface area contributed by atoms with E-state index >= 15 is 0 Å². The molecule has 2 rings (SSSR count). The smallest absolute Gasteiger partial charge is 0.335 e. The second kappa shape index (κ2) is 3.28. The van der Waals surface area contributed by atoms with Crippen LogP contribution in [0.2, 0.25) is 0 Å². The molecule has 0 aromatic rings. The number of alkyl halides is 3. The summed E-state index contributed by atoms with van der Waals surface area (Å²) in [4.78, 5) is 11.2. The maximum atomic E-state index is 12.4. The predicted molar refractivity (Wildman–Crippen MR) is 47.3 cm³/mol. The van der Waals surface area contributed by atoms with Crippen molar-refractivity contribution in [1.29, 1.82) is 0 Å². The van der Waals surface area contributed by atoms with Gasteiger partial charge in [0.2, 0.25) is 0 Å². The van der Waals surface area contributed by atoms with Crippen LogP contribution in [0.25, 0.3) is 0 Å². The average molecular weight is 222 g/mol. The maximum absolute atomic E-state index is 12.4. The molecular formula is C9H13F3N2O. The van der Waals surface area contributed by atoms with Crippen molar-refractivity contribution in [3.63, 3.8) is 0 Å². The summed E-state index contributed by atoms with van der Waals surface area (Å²) in [7, 11) is 0. The lowest BCUT2D eigenvalue weighted by Crippen LogP contribution is -2.54. The minimum atomic E-state index is -4.33. The number of hydrogen-bond acceptors (Lipinski definition) is 1. The van der Waals surface area contributed by atoms with Gasteiger partial charge >= 0.3 is 12.2 Å². The van der Waals surface area contributed by atoms with Crippen LogP contribution in [0.15, 0.2) is 0 Å². The molecule has 2 N–H and O–H groups in total. The minimum absolute atomic E-state index is 0.00537. The molecule has 0 aliphatic heterocycles. The molecule has 15 heavy (non-hydrogen) atoms. The molecule has 0 heterocycles. The van der Waals surface area contributed by atoms with Crippen molar-refractivity contribution in [3.05, 3.63) is 0 Å². The topological polar surface area (TPSA) is 41.1 Å². The highest BCUT2D eigenvalue weighted by atomic mass is 19.4. The third-order valence-electron chi connectivity index (χ3n) is 3.09. The number of hydrogen-bond donors (Lipinski definition) is 2. The SMILES string of the molecule is O=C(NC1CCC1)NC1(C(F)(F)F)CC1. The van der Waals surface area contributed by atoms with Gasteiger partial charge in [-0.3, -0.25) is 0 Å². The quantitative estimate of drug-likeness (QED) is 0.736. The molecule has 0 radical (unpaired) electrons. The summed E-state index contributed by atoms with van der Waals surface area (Å²) in [5, 5.41) is 4.57. The van der Waals surface area contributed by atoms with Crippen LogP contribution in [-0.2, 0) is 0 Å². The van der Waals surface area contributed by atoms with Crippen molar-refractivity contribution in [2.75, 3.05) is 0 Å². The first-order chi connectivity index (χ1) is 6.93. The molecule has 0 saturated heterocycles. The Labute approximate surface area is 85.4 Å². The fourth-order valence-electron chi connectivity index (χ4n) is 1.60. The van der Waals surface area contributed by atoms with Gasteiger partial charge in [-0.25, -0.2) is 4.79 Å². The second-order valence-electron chi connectivity index (χ2n) is 4.31. The molecule has 2 amide bonds. The van der Waals surface area contributed by atoms with E-state index in [4.69, 9.17) is 0 Å².